The van der Waals surface area contributed by atoms with Gasteiger partial charge in [-0.15, -0.1) is 11.3 Å². The van der Waals surface area contributed by atoms with Crippen molar-refractivity contribution in [3.63, 3.8) is 0 Å². The maximum Gasteiger partial charge on any atom is 0.255 e. The fourth-order valence-electron chi connectivity index (χ4n) is 3.61. The minimum Gasteiger partial charge on any atom is -0.338 e. The Hall–Kier alpha value is -1.79. The first-order valence-corrected chi connectivity index (χ1v) is 8.48. The summed E-state index contributed by atoms with van der Waals surface area (Å²) >= 11 is 1.82. The summed E-state index contributed by atoms with van der Waals surface area (Å²) in [5, 5.41) is 9.66. The molecule has 2 aliphatic heterocycles. The first kappa shape index (κ1) is 13.8. The molecule has 0 unspecified atom stereocenters. The number of hydrogen-bond donors (Lipinski definition) is 0. The third kappa shape index (κ3) is 2.64. The standard InChI is InChI=1S/C16H18N4OS/c21-16(12-3-4-17-18-6-12)20-9-13-7-19(8-14(13)10-20)11-15-2-1-5-22-15/h1-6,13-14H,7-11H2/t13-,14+. The Bertz CT molecular complexity index is 631. The molecule has 1 amide bonds. The molecule has 0 aliphatic carbocycles. The second-order valence-electron chi connectivity index (χ2n) is 6.13. The fraction of sp³-hybridized carbons (Fsp3) is 0.438. The molecule has 114 valence electrons. The molecule has 0 spiro atoms. The van der Waals surface area contributed by atoms with Gasteiger partial charge in [0.05, 0.1) is 18.0 Å². The smallest absolute Gasteiger partial charge is 0.255 e. The zero-order valence-electron chi connectivity index (χ0n) is 12.3. The Morgan fingerprint density at radius 3 is 2.64 bits per heavy atom. The quantitative estimate of drug-likeness (QED) is 0.866. The Kier molecular flexibility index (Phi) is 3.63. The summed E-state index contributed by atoms with van der Waals surface area (Å²) in [5.41, 5.74) is 0.644. The van der Waals surface area contributed by atoms with Gasteiger partial charge in [-0.2, -0.15) is 10.2 Å². The van der Waals surface area contributed by atoms with Crippen molar-refractivity contribution in [3.05, 3.63) is 46.4 Å². The van der Waals surface area contributed by atoms with E-state index in [2.05, 4.69) is 32.6 Å². The molecular formula is C16H18N4OS. The van der Waals surface area contributed by atoms with Crippen molar-refractivity contribution in [1.82, 2.24) is 20.0 Å². The Labute approximate surface area is 133 Å². The van der Waals surface area contributed by atoms with Crippen molar-refractivity contribution in [2.24, 2.45) is 11.8 Å². The van der Waals surface area contributed by atoms with Gasteiger partial charge >= 0.3 is 0 Å². The number of thiophene rings is 1. The molecule has 0 N–H and O–H groups in total. The van der Waals surface area contributed by atoms with Crippen LogP contribution < -0.4 is 0 Å². The minimum atomic E-state index is 0.0918. The summed E-state index contributed by atoms with van der Waals surface area (Å²) in [5.74, 6) is 1.31. The molecule has 4 rings (SSSR count). The number of fused-ring (bicyclic) bond motifs is 1. The summed E-state index contributed by atoms with van der Waals surface area (Å²) in [6.45, 7) is 4.98. The molecule has 2 aromatic heterocycles. The molecule has 2 aromatic rings. The van der Waals surface area contributed by atoms with Crippen LogP contribution in [0.2, 0.25) is 0 Å². The molecule has 6 heteroatoms. The van der Waals surface area contributed by atoms with Crippen molar-refractivity contribution < 1.29 is 4.79 Å². The minimum absolute atomic E-state index is 0.0918. The van der Waals surface area contributed by atoms with Gasteiger partial charge in [0, 0.05) is 37.6 Å². The van der Waals surface area contributed by atoms with E-state index in [4.69, 9.17) is 0 Å². The van der Waals surface area contributed by atoms with Crippen molar-refractivity contribution in [3.8, 4) is 0 Å². The lowest BCUT2D eigenvalue weighted by atomic mass is 10.0. The lowest BCUT2D eigenvalue weighted by molar-refractivity contribution is 0.0773. The van der Waals surface area contributed by atoms with Gasteiger partial charge < -0.3 is 4.90 Å². The summed E-state index contributed by atoms with van der Waals surface area (Å²) < 4.78 is 0. The number of likely N-dealkylation sites (tertiary alicyclic amines) is 2. The van der Waals surface area contributed by atoms with Crippen LogP contribution in [0.4, 0.5) is 0 Å². The normalized spacial score (nSPS) is 24.6. The molecule has 2 saturated heterocycles. The maximum absolute atomic E-state index is 12.5. The Morgan fingerprint density at radius 2 is 2.00 bits per heavy atom. The highest BCUT2D eigenvalue weighted by molar-refractivity contribution is 7.09. The van der Waals surface area contributed by atoms with E-state index < -0.39 is 0 Å². The average Bonchev–Trinajstić information content (AvgIpc) is 3.24. The molecular weight excluding hydrogens is 296 g/mol. The number of amides is 1. The van der Waals surface area contributed by atoms with Crippen LogP contribution in [0.5, 0.6) is 0 Å². The topological polar surface area (TPSA) is 49.3 Å². The fourth-order valence-corrected chi connectivity index (χ4v) is 4.35. The third-order valence-electron chi connectivity index (χ3n) is 4.64. The maximum atomic E-state index is 12.5. The predicted octanol–water partition coefficient (Wildman–Crippen LogP) is 1.74. The van der Waals surface area contributed by atoms with Crippen LogP contribution in [-0.4, -0.2) is 52.1 Å². The SMILES string of the molecule is O=C(c1ccnnc1)N1C[C@H]2CN(Cc3cccs3)C[C@H]2C1. The number of hydrogen-bond acceptors (Lipinski definition) is 5. The van der Waals surface area contributed by atoms with Crippen molar-refractivity contribution in [2.75, 3.05) is 26.2 Å². The van der Waals surface area contributed by atoms with E-state index in [1.807, 2.05) is 16.2 Å². The highest BCUT2D eigenvalue weighted by Crippen LogP contribution is 2.32. The molecule has 22 heavy (non-hydrogen) atoms. The van der Waals surface area contributed by atoms with Gasteiger partial charge in [-0.1, -0.05) is 6.07 Å². The van der Waals surface area contributed by atoms with Crippen LogP contribution in [0, 0.1) is 11.8 Å². The van der Waals surface area contributed by atoms with Gasteiger partial charge in [-0.05, 0) is 29.3 Å². The van der Waals surface area contributed by atoms with E-state index in [1.54, 1.807) is 18.5 Å². The molecule has 0 radical (unpaired) electrons. The van der Waals surface area contributed by atoms with Crippen LogP contribution in [0.25, 0.3) is 0 Å². The molecule has 0 aromatic carbocycles. The van der Waals surface area contributed by atoms with Crippen molar-refractivity contribution in [2.45, 2.75) is 6.54 Å². The molecule has 2 fully saturated rings. The zero-order valence-corrected chi connectivity index (χ0v) is 13.1. The van der Waals surface area contributed by atoms with Gasteiger partial charge in [0.25, 0.3) is 5.91 Å². The van der Waals surface area contributed by atoms with Crippen molar-refractivity contribution >= 4 is 17.2 Å². The van der Waals surface area contributed by atoms with Crippen LogP contribution in [-0.2, 0) is 6.54 Å². The Balaban J connectivity index is 1.36. The van der Waals surface area contributed by atoms with E-state index in [0.29, 0.717) is 17.4 Å². The lowest BCUT2D eigenvalue weighted by Gasteiger charge is -2.21. The molecule has 2 aliphatic rings. The van der Waals surface area contributed by atoms with E-state index in [9.17, 15) is 4.79 Å². The number of nitrogens with zero attached hydrogens (tertiary/aromatic N) is 4. The van der Waals surface area contributed by atoms with E-state index in [0.717, 1.165) is 32.7 Å². The lowest BCUT2D eigenvalue weighted by Crippen LogP contribution is -2.33. The largest absolute Gasteiger partial charge is 0.338 e. The van der Waals surface area contributed by atoms with Crippen molar-refractivity contribution in [1.29, 1.82) is 0 Å². The first-order valence-electron chi connectivity index (χ1n) is 7.60. The molecule has 2 atom stereocenters. The van der Waals surface area contributed by atoms with E-state index in [1.165, 1.54) is 4.88 Å². The first-order chi connectivity index (χ1) is 10.8. The second kappa shape index (κ2) is 5.78. The number of carbonyl (C=O) groups is 1. The summed E-state index contributed by atoms with van der Waals surface area (Å²) in [4.78, 5) is 18.4. The summed E-state index contributed by atoms with van der Waals surface area (Å²) in [7, 11) is 0. The molecule has 4 heterocycles. The van der Waals surface area contributed by atoms with Crippen LogP contribution >= 0.6 is 11.3 Å². The average molecular weight is 314 g/mol. The van der Waals surface area contributed by atoms with Gasteiger partial charge in [0.2, 0.25) is 0 Å². The third-order valence-corrected chi connectivity index (χ3v) is 5.50. The van der Waals surface area contributed by atoms with Crippen LogP contribution in [0.15, 0.2) is 36.0 Å². The summed E-state index contributed by atoms with van der Waals surface area (Å²) in [6, 6.07) is 6.05. The molecule has 5 nitrogen and oxygen atoms in total. The van der Waals surface area contributed by atoms with Crippen LogP contribution in [0.3, 0.4) is 0 Å². The van der Waals surface area contributed by atoms with Gasteiger partial charge in [0.1, 0.15) is 0 Å². The number of rotatable bonds is 3. The van der Waals surface area contributed by atoms with Crippen LogP contribution in [0.1, 0.15) is 15.2 Å². The van der Waals surface area contributed by atoms with E-state index >= 15 is 0 Å². The highest BCUT2D eigenvalue weighted by Gasteiger charge is 2.41. The molecule has 0 saturated carbocycles. The Morgan fingerprint density at radius 1 is 1.18 bits per heavy atom. The summed E-state index contributed by atoms with van der Waals surface area (Å²) in [6.07, 6.45) is 3.13. The van der Waals surface area contributed by atoms with Gasteiger partial charge in [0.15, 0.2) is 0 Å². The number of carbonyl (C=O) groups excluding carboxylic acids is 1. The molecule has 0 bridgehead atoms. The van der Waals surface area contributed by atoms with E-state index in [-0.39, 0.29) is 5.91 Å². The van der Waals surface area contributed by atoms with Gasteiger partial charge in [-0.3, -0.25) is 9.69 Å². The van der Waals surface area contributed by atoms with Gasteiger partial charge in [-0.25, -0.2) is 0 Å². The number of aromatic nitrogens is 2. The monoisotopic (exact) mass is 314 g/mol. The predicted molar refractivity (Wildman–Crippen MR) is 84.5 cm³/mol. The second-order valence-corrected chi connectivity index (χ2v) is 7.17. The zero-order chi connectivity index (χ0) is 14.9. The highest BCUT2D eigenvalue weighted by atomic mass is 32.1.